The molecule has 1 aliphatic heterocycles. The summed E-state index contributed by atoms with van der Waals surface area (Å²) in [5.41, 5.74) is 1.93. The van der Waals surface area contributed by atoms with Crippen molar-refractivity contribution in [2.24, 2.45) is 5.10 Å². The summed E-state index contributed by atoms with van der Waals surface area (Å²) < 4.78 is 9.37. The van der Waals surface area contributed by atoms with Gasteiger partial charge in [-0.1, -0.05) is 30.3 Å². The predicted octanol–water partition coefficient (Wildman–Crippen LogP) is 2.04. The number of hydrazone groups is 1. The lowest BCUT2D eigenvalue weighted by Gasteiger charge is -2.24. The molecule has 0 saturated heterocycles. The first-order valence-electron chi connectivity index (χ1n) is 6.83. The van der Waals surface area contributed by atoms with Crippen LogP contribution in [-0.4, -0.2) is 36.9 Å². The van der Waals surface area contributed by atoms with Crippen molar-refractivity contribution < 1.29 is 19.1 Å². The Kier molecular flexibility index (Phi) is 4.93. The van der Waals surface area contributed by atoms with E-state index in [1.54, 1.807) is 0 Å². The summed E-state index contributed by atoms with van der Waals surface area (Å²) in [6.45, 7) is 1.88. The van der Waals surface area contributed by atoms with Crippen LogP contribution in [0, 0.1) is 0 Å². The Labute approximate surface area is 129 Å². The molecule has 1 atom stereocenters. The van der Waals surface area contributed by atoms with Gasteiger partial charge in [0.15, 0.2) is 5.70 Å². The molecule has 1 heterocycles. The number of benzene rings is 1. The molecule has 0 aromatic heterocycles. The Morgan fingerprint density at radius 1 is 1.23 bits per heavy atom. The molecule has 0 fully saturated rings. The Hall–Kier alpha value is -2.63. The van der Waals surface area contributed by atoms with Gasteiger partial charge < -0.3 is 9.47 Å². The molecule has 0 spiro atoms. The lowest BCUT2D eigenvalue weighted by Crippen LogP contribution is -2.26. The molecule has 0 aliphatic carbocycles. The quantitative estimate of drug-likeness (QED) is 0.629. The van der Waals surface area contributed by atoms with E-state index in [-0.39, 0.29) is 11.7 Å². The first-order valence-corrected chi connectivity index (χ1v) is 6.83. The molecule has 0 bridgehead atoms. The van der Waals surface area contributed by atoms with Crippen LogP contribution >= 0.6 is 0 Å². The fourth-order valence-electron chi connectivity index (χ4n) is 2.31. The van der Waals surface area contributed by atoms with Gasteiger partial charge in [0.05, 0.1) is 26.3 Å². The minimum Gasteiger partial charge on any atom is -0.466 e. The van der Waals surface area contributed by atoms with Crippen LogP contribution < -0.4 is 0 Å². The molecular weight excluding hydrogens is 284 g/mol. The zero-order valence-electron chi connectivity index (χ0n) is 12.8. The number of rotatable bonds is 4. The van der Waals surface area contributed by atoms with Gasteiger partial charge in [0.2, 0.25) is 0 Å². The topological polar surface area (TPSA) is 68.2 Å². The summed E-state index contributed by atoms with van der Waals surface area (Å²) in [4.78, 5) is 23.6. The van der Waals surface area contributed by atoms with E-state index >= 15 is 0 Å². The number of carbonyl (C=O) groups excluding carboxylic acids is 2. The zero-order chi connectivity index (χ0) is 16.1. The molecule has 2 rings (SSSR count). The SMILES string of the molecule is COC(=O)C=C(C(=O)OC)N1N=C(C)CC1c1ccccc1. The van der Waals surface area contributed by atoms with Crippen LogP contribution in [0.4, 0.5) is 0 Å². The van der Waals surface area contributed by atoms with E-state index in [4.69, 9.17) is 4.74 Å². The van der Waals surface area contributed by atoms with Crippen molar-refractivity contribution in [1.82, 2.24) is 5.01 Å². The van der Waals surface area contributed by atoms with Gasteiger partial charge in [-0.3, -0.25) is 5.01 Å². The molecule has 6 nitrogen and oxygen atoms in total. The van der Waals surface area contributed by atoms with Crippen molar-refractivity contribution in [3.05, 3.63) is 47.7 Å². The third kappa shape index (κ3) is 3.33. The Bertz CT molecular complexity index is 622. The van der Waals surface area contributed by atoms with Crippen LogP contribution in [0.2, 0.25) is 0 Å². The van der Waals surface area contributed by atoms with Crippen LogP contribution in [0.15, 0.2) is 47.2 Å². The van der Waals surface area contributed by atoms with Crippen molar-refractivity contribution in [3.8, 4) is 0 Å². The van der Waals surface area contributed by atoms with Crippen LogP contribution in [-0.2, 0) is 19.1 Å². The largest absolute Gasteiger partial charge is 0.466 e. The van der Waals surface area contributed by atoms with Gasteiger partial charge >= 0.3 is 11.9 Å². The van der Waals surface area contributed by atoms with Crippen molar-refractivity contribution in [3.63, 3.8) is 0 Å². The third-order valence-corrected chi connectivity index (χ3v) is 3.34. The highest BCUT2D eigenvalue weighted by molar-refractivity contribution is 5.96. The molecular formula is C16H18N2O4. The molecule has 0 saturated carbocycles. The van der Waals surface area contributed by atoms with E-state index in [0.717, 1.165) is 17.4 Å². The second-order valence-electron chi connectivity index (χ2n) is 4.85. The van der Waals surface area contributed by atoms with Gasteiger partial charge in [0.25, 0.3) is 0 Å². The highest BCUT2D eigenvalue weighted by atomic mass is 16.5. The van der Waals surface area contributed by atoms with Crippen molar-refractivity contribution in [2.75, 3.05) is 14.2 Å². The molecule has 1 aromatic carbocycles. The van der Waals surface area contributed by atoms with E-state index in [0.29, 0.717) is 6.42 Å². The van der Waals surface area contributed by atoms with Gasteiger partial charge in [-0.2, -0.15) is 5.10 Å². The molecule has 6 heteroatoms. The second kappa shape index (κ2) is 6.89. The molecule has 0 radical (unpaired) electrons. The van der Waals surface area contributed by atoms with E-state index in [2.05, 4.69) is 9.84 Å². The number of nitrogens with zero attached hydrogens (tertiary/aromatic N) is 2. The Morgan fingerprint density at radius 3 is 2.50 bits per heavy atom. The van der Waals surface area contributed by atoms with Gasteiger partial charge in [0, 0.05) is 12.1 Å². The van der Waals surface area contributed by atoms with Crippen molar-refractivity contribution in [2.45, 2.75) is 19.4 Å². The van der Waals surface area contributed by atoms with E-state index in [1.807, 2.05) is 37.3 Å². The highest BCUT2D eigenvalue weighted by Crippen LogP contribution is 2.34. The van der Waals surface area contributed by atoms with Crippen LogP contribution in [0.5, 0.6) is 0 Å². The normalized spacial score (nSPS) is 18.0. The lowest BCUT2D eigenvalue weighted by molar-refractivity contribution is -0.140. The number of ether oxygens (including phenoxy) is 2. The first kappa shape index (κ1) is 15.8. The molecule has 22 heavy (non-hydrogen) atoms. The molecule has 1 aromatic rings. The summed E-state index contributed by atoms with van der Waals surface area (Å²) in [7, 11) is 2.51. The average Bonchev–Trinajstić information content (AvgIpc) is 2.94. The molecule has 0 N–H and O–H groups in total. The minimum atomic E-state index is -0.634. The lowest BCUT2D eigenvalue weighted by atomic mass is 10.0. The number of methoxy groups -OCH3 is 2. The minimum absolute atomic E-state index is 0.0556. The maximum atomic E-state index is 12.0. The highest BCUT2D eigenvalue weighted by Gasteiger charge is 2.32. The Balaban J connectivity index is 2.41. The van der Waals surface area contributed by atoms with Gasteiger partial charge in [-0.15, -0.1) is 0 Å². The maximum absolute atomic E-state index is 12.0. The van der Waals surface area contributed by atoms with E-state index in [9.17, 15) is 9.59 Å². The van der Waals surface area contributed by atoms with Crippen molar-refractivity contribution >= 4 is 17.7 Å². The van der Waals surface area contributed by atoms with Gasteiger partial charge in [-0.25, -0.2) is 9.59 Å². The van der Waals surface area contributed by atoms with Crippen LogP contribution in [0.1, 0.15) is 24.9 Å². The number of carbonyl (C=O) groups is 2. The molecule has 1 aliphatic rings. The summed E-state index contributed by atoms with van der Waals surface area (Å²) >= 11 is 0. The zero-order valence-corrected chi connectivity index (χ0v) is 12.8. The second-order valence-corrected chi connectivity index (χ2v) is 4.85. The summed E-state index contributed by atoms with van der Waals surface area (Å²) in [5.74, 6) is -1.27. The number of hydrogen-bond acceptors (Lipinski definition) is 6. The fraction of sp³-hybridized carbons (Fsp3) is 0.312. The molecule has 116 valence electrons. The molecule has 1 unspecified atom stereocenters. The van der Waals surface area contributed by atoms with Crippen molar-refractivity contribution in [1.29, 1.82) is 0 Å². The Morgan fingerprint density at radius 2 is 1.91 bits per heavy atom. The fourth-order valence-corrected chi connectivity index (χ4v) is 2.31. The summed E-state index contributed by atoms with van der Waals surface area (Å²) in [5, 5.41) is 5.90. The van der Waals surface area contributed by atoms with Crippen LogP contribution in [0.3, 0.4) is 0 Å². The number of hydrogen-bond donors (Lipinski definition) is 0. The van der Waals surface area contributed by atoms with E-state index in [1.165, 1.54) is 19.2 Å². The summed E-state index contributed by atoms with van der Waals surface area (Å²) in [6, 6.07) is 9.52. The maximum Gasteiger partial charge on any atom is 0.356 e. The molecule has 0 amide bonds. The monoisotopic (exact) mass is 302 g/mol. The van der Waals surface area contributed by atoms with Crippen LogP contribution in [0.25, 0.3) is 0 Å². The third-order valence-electron chi connectivity index (χ3n) is 3.34. The van der Waals surface area contributed by atoms with Gasteiger partial charge in [-0.05, 0) is 12.5 Å². The predicted molar refractivity (Wildman–Crippen MR) is 80.9 cm³/mol. The standard InChI is InChI=1S/C16H18N2O4/c1-11-9-13(12-7-5-4-6-8-12)18(17-11)14(16(20)22-3)10-15(19)21-2/h4-8,10,13H,9H2,1-3H3. The van der Waals surface area contributed by atoms with E-state index < -0.39 is 11.9 Å². The number of esters is 2. The average molecular weight is 302 g/mol. The summed E-state index contributed by atoms with van der Waals surface area (Å²) in [6.07, 6.45) is 1.77. The van der Waals surface area contributed by atoms with Gasteiger partial charge in [0.1, 0.15) is 0 Å². The first-order chi connectivity index (χ1) is 10.6. The smallest absolute Gasteiger partial charge is 0.356 e.